The number of aromatic nitrogens is 2. The molecule has 0 spiro atoms. The predicted octanol–water partition coefficient (Wildman–Crippen LogP) is 2.78. The van der Waals surface area contributed by atoms with E-state index in [1.165, 1.54) is 16.9 Å². The lowest BCUT2D eigenvalue weighted by Crippen LogP contribution is -2.55. The molecule has 2 heterocycles. The van der Waals surface area contributed by atoms with E-state index in [0.29, 0.717) is 33.9 Å². The van der Waals surface area contributed by atoms with E-state index in [0.717, 1.165) is 10.9 Å². The number of nitrogens with one attached hydrogen (secondary N) is 2. The Balaban J connectivity index is 1.66. The highest BCUT2D eigenvalue weighted by Gasteiger charge is 2.38. The first kappa shape index (κ1) is 30.9. The number of methoxy groups -OCH3 is 1. The van der Waals surface area contributed by atoms with Gasteiger partial charge >= 0.3 is 0 Å². The molecule has 1 aliphatic rings. The molecule has 12 heteroatoms. The van der Waals surface area contributed by atoms with E-state index in [4.69, 9.17) is 9.84 Å². The van der Waals surface area contributed by atoms with Crippen LogP contribution in [0.25, 0.3) is 16.6 Å². The first-order valence-electron chi connectivity index (χ1n) is 14.4. The molecule has 0 radical (unpaired) electrons. The Labute approximate surface area is 260 Å². The molecule has 0 saturated carbocycles. The minimum atomic E-state index is -1.11. The second-order valence-electron chi connectivity index (χ2n) is 10.6. The largest absolute Gasteiger partial charge is 0.384 e. The number of carbonyl (C=O) groups is 3. The number of hydrogen-bond acceptors (Lipinski definition) is 8. The highest BCUT2D eigenvalue weighted by molar-refractivity contribution is 6.08. The van der Waals surface area contributed by atoms with E-state index in [-0.39, 0.29) is 32.0 Å². The average Bonchev–Trinajstić information content (AvgIpc) is 3.39. The summed E-state index contributed by atoms with van der Waals surface area (Å²) in [6.07, 6.45) is 0.0296. The fourth-order valence-corrected chi connectivity index (χ4v) is 5.30. The van der Waals surface area contributed by atoms with Crippen molar-refractivity contribution in [2.45, 2.75) is 32.0 Å². The summed E-state index contributed by atoms with van der Waals surface area (Å²) < 4.78 is 6.82. The van der Waals surface area contributed by atoms with Crippen LogP contribution in [0.2, 0.25) is 0 Å². The highest BCUT2D eigenvalue weighted by atomic mass is 16.5. The Hall–Kier alpha value is -5.56. The zero-order valence-corrected chi connectivity index (χ0v) is 25.2. The molecule has 0 aliphatic carbocycles. The molecular formula is C33H32N8O4. The number of hydrogen-bond donors (Lipinski definition) is 2. The van der Waals surface area contributed by atoms with Crippen LogP contribution in [0.3, 0.4) is 0 Å². The molecule has 228 valence electrons. The van der Waals surface area contributed by atoms with Gasteiger partial charge in [-0.05, 0) is 50.4 Å². The maximum Gasteiger partial charge on any atom is 0.251 e. The van der Waals surface area contributed by atoms with Crippen molar-refractivity contribution >= 4 is 40.0 Å². The Morgan fingerprint density at radius 2 is 1.80 bits per heavy atom. The number of fused-ring (bicyclic) bond motifs is 2. The third kappa shape index (κ3) is 6.10. The fraction of sp³-hybridized carbons (Fsp3) is 0.273. The van der Waals surface area contributed by atoms with Gasteiger partial charge < -0.3 is 25.2 Å². The summed E-state index contributed by atoms with van der Waals surface area (Å²) in [7, 11) is 3.13. The van der Waals surface area contributed by atoms with Crippen molar-refractivity contribution in [3.05, 3.63) is 83.6 Å². The van der Waals surface area contributed by atoms with Gasteiger partial charge in [-0.15, -0.1) is 0 Å². The van der Waals surface area contributed by atoms with Crippen molar-refractivity contribution in [2.24, 2.45) is 0 Å². The number of ether oxygens (including phenoxy) is 1. The zero-order valence-electron chi connectivity index (χ0n) is 25.2. The monoisotopic (exact) mass is 604 g/mol. The second-order valence-corrected chi connectivity index (χ2v) is 10.6. The molecule has 2 N–H and O–H groups in total. The molecule has 2 atom stereocenters. The number of amides is 3. The summed E-state index contributed by atoms with van der Waals surface area (Å²) in [5, 5.41) is 30.8. The van der Waals surface area contributed by atoms with Gasteiger partial charge in [-0.1, -0.05) is 30.3 Å². The van der Waals surface area contributed by atoms with E-state index in [1.807, 2.05) is 30.3 Å². The van der Waals surface area contributed by atoms with Gasteiger partial charge in [-0.25, -0.2) is 4.68 Å². The number of anilines is 2. The van der Waals surface area contributed by atoms with E-state index in [2.05, 4.69) is 22.8 Å². The molecule has 12 nitrogen and oxygen atoms in total. The molecule has 0 saturated heterocycles. The zero-order chi connectivity index (χ0) is 32.1. The third-order valence-electron chi connectivity index (χ3n) is 7.80. The molecule has 3 aromatic carbocycles. The number of rotatable bonds is 9. The number of carbonyl (C=O) groups excluding carboxylic acids is 3. The van der Waals surface area contributed by atoms with Gasteiger partial charge in [0, 0.05) is 12.5 Å². The lowest BCUT2D eigenvalue weighted by Gasteiger charge is -2.26. The van der Waals surface area contributed by atoms with Gasteiger partial charge in [0.1, 0.15) is 12.1 Å². The first-order chi connectivity index (χ1) is 21.8. The average molecular weight is 605 g/mol. The Morgan fingerprint density at radius 1 is 1.04 bits per heavy atom. The first-order valence-corrected chi connectivity index (χ1v) is 14.4. The van der Waals surface area contributed by atoms with Gasteiger partial charge in [0.2, 0.25) is 11.8 Å². The van der Waals surface area contributed by atoms with E-state index >= 15 is 0 Å². The third-order valence-corrected chi connectivity index (χ3v) is 7.80. The van der Waals surface area contributed by atoms with Crippen molar-refractivity contribution < 1.29 is 19.1 Å². The molecule has 45 heavy (non-hydrogen) atoms. The van der Waals surface area contributed by atoms with Crippen LogP contribution in [0.4, 0.5) is 11.4 Å². The lowest BCUT2D eigenvalue weighted by molar-refractivity contribution is -0.128. The molecule has 0 bridgehead atoms. The van der Waals surface area contributed by atoms with Crippen molar-refractivity contribution in [1.29, 1.82) is 10.5 Å². The number of para-hydroxylation sites is 2. The minimum absolute atomic E-state index is 0.0198. The van der Waals surface area contributed by atoms with Gasteiger partial charge in [0.25, 0.3) is 5.91 Å². The SMILES string of the molecule is CNC(C)C(=O)NC1CN(C(=O)CCOC)c2cc(C#N)ccc2N(Cc2nn(-c3ccccc3C#N)c3ccccc23)C1=O. The summed E-state index contributed by atoms with van der Waals surface area (Å²) in [5.74, 6) is -1.19. The molecule has 3 amide bonds. The van der Waals surface area contributed by atoms with Crippen molar-refractivity contribution in [3.8, 4) is 17.8 Å². The summed E-state index contributed by atoms with van der Waals surface area (Å²) in [6.45, 7) is 1.66. The van der Waals surface area contributed by atoms with Crippen LogP contribution in [-0.2, 0) is 25.7 Å². The highest BCUT2D eigenvalue weighted by Crippen LogP contribution is 2.36. The molecule has 1 aromatic heterocycles. The van der Waals surface area contributed by atoms with Crippen molar-refractivity contribution in [3.63, 3.8) is 0 Å². The normalized spacial score (nSPS) is 15.1. The van der Waals surface area contributed by atoms with Gasteiger partial charge in [-0.3, -0.25) is 14.4 Å². The summed E-state index contributed by atoms with van der Waals surface area (Å²) in [5.41, 5.74) is 3.35. The smallest absolute Gasteiger partial charge is 0.251 e. The molecule has 0 fully saturated rings. The van der Waals surface area contributed by atoms with Gasteiger partial charge in [0.05, 0.1) is 77.6 Å². The summed E-state index contributed by atoms with van der Waals surface area (Å²) >= 11 is 0. The van der Waals surface area contributed by atoms with Crippen LogP contribution in [0, 0.1) is 22.7 Å². The molecule has 4 aromatic rings. The Morgan fingerprint density at radius 3 is 2.53 bits per heavy atom. The standard InChI is InChI=1S/C33H32N8O4/c1-21(36-2)32(43)37-26-20-39(31(42)14-15-45-3)30-16-22(17-34)12-13-29(30)40(33(26)44)19-25-24-9-5-7-11-28(24)41(38-25)27-10-6-4-8-23(27)18-35/h4-13,16,21,26,36H,14-15,19-20H2,1-3H3,(H,37,43). The number of benzene rings is 3. The molecule has 1 aliphatic heterocycles. The molecule has 5 rings (SSSR count). The minimum Gasteiger partial charge on any atom is -0.384 e. The Bertz CT molecular complexity index is 1850. The van der Waals surface area contributed by atoms with Crippen LogP contribution in [0.15, 0.2) is 66.7 Å². The molecule has 2 unspecified atom stereocenters. The second kappa shape index (κ2) is 13.4. The quantitative estimate of drug-likeness (QED) is 0.295. The van der Waals surface area contributed by atoms with Crippen LogP contribution < -0.4 is 20.4 Å². The number of likely N-dealkylation sites (N-methyl/N-ethyl adjacent to an activating group) is 1. The summed E-state index contributed by atoms with van der Waals surface area (Å²) in [4.78, 5) is 43.9. The van der Waals surface area contributed by atoms with E-state index in [9.17, 15) is 24.9 Å². The maximum absolute atomic E-state index is 14.4. The van der Waals surface area contributed by atoms with Gasteiger partial charge in [-0.2, -0.15) is 15.6 Å². The van der Waals surface area contributed by atoms with Crippen LogP contribution in [-0.4, -0.2) is 66.9 Å². The van der Waals surface area contributed by atoms with Crippen LogP contribution >= 0.6 is 0 Å². The van der Waals surface area contributed by atoms with Crippen LogP contribution in [0.1, 0.15) is 30.2 Å². The topological polar surface area (TPSA) is 156 Å². The number of nitrogens with zero attached hydrogens (tertiary/aromatic N) is 6. The van der Waals surface area contributed by atoms with Crippen molar-refractivity contribution in [2.75, 3.05) is 37.1 Å². The van der Waals surface area contributed by atoms with E-state index in [1.54, 1.807) is 55.1 Å². The lowest BCUT2D eigenvalue weighted by atomic mass is 10.1. The van der Waals surface area contributed by atoms with Crippen LogP contribution in [0.5, 0.6) is 0 Å². The fourth-order valence-electron chi connectivity index (χ4n) is 5.30. The van der Waals surface area contributed by atoms with Crippen molar-refractivity contribution in [1.82, 2.24) is 20.4 Å². The maximum atomic E-state index is 14.4. The molecular weight excluding hydrogens is 572 g/mol. The van der Waals surface area contributed by atoms with E-state index < -0.39 is 23.9 Å². The summed E-state index contributed by atoms with van der Waals surface area (Å²) in [6, 6.07) is 22.0. The Kier molecular flexibility index (Phi) is 9.19. The van der Waals surface area contributed by atoms with Gasteiger partial charge in [0.15, 0.2) is 0 Å². The number of nitriles is 2. The predicted molar refractivity (Wildman–Crippen MR) is 167 cm³/mol.